The van der Waals surface area contributed by atoms with E-state index in [2.05, 4.69) is 13.5 Å². The van der Waals surface area contributed by atoms with E-state index in [1.54, 1.807) is 6.92 Å². The average Bonchev–Trinajstić information content (AvgIpc) is 1.63. The van der Waals surface area contributed by atoms with Gasteiger partial charge in [-0.25, -0.2) is 0 Å². The molecule has 0 aromatic carbocycles. The molecule has 0 radical (unpaired) electrons. The number of hydrogen-bond donors (Lipinski definition) is 20. The van der Waals surface area contributed by atoms with Crippen molar-refractivity contribution in [2.75, 3.05) is 46.2 Å². The van der Waals surface area contributed by atoms with Crippen LogP contribution in [0.2, 0.25) is 0 Å². The van der Waals surface area contributed by atoms with Crippen molar-refractivity contribution in [2.24, 2.45) is 33.5 Å². The number of hydrogen-bond acceptors (Lipinski definition) is 33. The fourth-order valence-electron chi connectivity index (χ4n) is 17.0. The first kappa shape index (κ1) is 71.7. The van der Waals surface area contributed by atoms with Gasteiger partial charge in [0.15, 0.2) is 37.6 Å². The van der Waals surface area contributed by atoms with E-state index in [-0.39, 0.29) is 23.9 Å². The average molecular weight is 1320 g/mol. The highest BCUT2D eigenvalue weighted by Gasteiger charge is 2.69. The zero-order chi connectivity index (χ0) is 66.1. The summed E-state index contributed by atoms with van der Waals surface area (Å²) in [5, 5.41) is 214. The molecule has 33 nitrogen and oxygen atoms in total. The number of carbonyl (C=O) groups excluding carboxylic acids is 1. The predicted molar refractivity (Wildman–Crippen MR) is 293 cm³/mol. The zero-order valence-electron chi connectivity index (χ0n) is 50.5. The Balaban J connectivity index is 0.871. The normalized spacial score (nSPS) is 53.5. The third kappa shape index (κ3) is 13.0. The number of ether oxygens (including phenoxy) is 12. The van der Waals surface area contributed by atoms with Crippen molar-refractivity contribution in [1.29, 1.82) is 0 Å². The summed E-state index contributed by atoms with van der Waals surface area (Å²) >= 11 is 0. The van der Waals surface area contributed by atoms with E-state index >= 15 is 4.79 Å². The van der Waals surface area contributed by atoms with E-state index in [0.29, 0.717) is 64.2 Å². The van der Waals surface area contributed by atoms with E-state index < -0.39 is 246 Å². The molecule has 32 unspecified atom stereocenters. The number of aliphatic hydroxyl groups is 20. The van der Waals surface area contributed by atoms with Gasteiger partial charge >= 0.3 is 5.97 Å². The molecular formula is C58H94O33. The van der Waals surface area contributed by atoms with Gasteiger partial charge in [0, 0.05) is 0 Å². The molecule has 0 amide bonds. The summed E-state index contributed by atoms with van der Waals surface area (Å²) < 4.78 is 71.9. The predicted octanol–water partition coefficient (Wildman–Crippen LogP) is -8.83. The van der Waals surface area contributed by atoms with Crippen molar-refractivity contribution in [3.05, 3.63) is 12.2 Å². The molecule has 36 atom stereocenters. The van der Waals surface area contributed by atoms with Gasteiger partial charge in [0.25, 0.3) is 0 Å². The second-order valence-corrected chi connectivity index (χ2v) is 27.2. The van der Waals surface area contributed by atoms with Crippen LogP contribution >= 0.6 is 0 Å². The molecule has 1 spiro atoms. The molecule has 2 bridgehead atoms. The Hall–Kier alpha value is -2.03. The molecule has 91 heavy (non-hydrogen) atoms. The monoisotopic (exact) mass is 1320 g/mol. The van der Waals surface area contributed by atoms with Crippen LogP contribution in [0.15, 0.2) is 12.2 Å². The Morgan fingerprint density at radius 1 is 0.440 bits per heavy atom. The zero-order valence-corrected chi connectivity index (χ0v) is 50.5. The maximum atomic E-state index is 15.3. The summed E-state index contributed by atoms with van der Waals surface area (Å²) in [4.78, 5) is 15.3. The van der Waals surface area contributed by atoms with Crippen molar-refractivity contribution >= 4 is 5.97 Å². The number of esters is 1. The van der Waals surface area contributed by atoms with Crippen LogP contribution in [0.1, 0.15) is 78.1 Å². The number of carbonyl (C=O) groups is 1. The summed E-state index contributed by atoms with van der Waals surface area (Å²) in [6.07, 6.45) is -48.9. The highest BCUT2D eigenvalue weighted by atomic mass is 16.8. The van der Waals surface area contributed by atoms with Crippen LogP contribution in [-0.4, -0.2) is 339 Å². The van der Waals surface area contributed by atoms with Crippen molar-refractivity contribution in [1.82, 2.24) is 0 Å². The molecule has 0 aromatic heterocycles. The summed E-state index contributed by atoms with van der Waals surface area (Å²) in [6, 6.07) is 0. The third-order valence-corrected chi connectivity index (χ3v) is 22.1. The first-order valence-electron chi connectivity index (χ1n) is 31.4. The molecule has 10 fully saturated rings. The van der Waals surface area contributed by atoms with Gasteiger partial charge in [0.05, 0.1) is 51.7 Å². The number of aliphatic hydroxyl groups excluding tert-OH is 20. The van der Waals surface area contributed by atoms with Crippen LogP contribution in [0.5, 0.6) is 0 Å². The van der Waals surface area contributed by atoms with Crippen LogP contribution in [0, 0.1) is 33.5 Å². The van der Waals surface area contributed by atoms with Gasteiger partial charge in [-0.1, -0.05) is 25.5 Å². The summed E-state index contributed by atoms with van der Waals surface area (Å²) in [5.41, 5.74) is -1.69. The minimum Gasteiger partial charge on any atom is -0.432 e. The molecule has 4 aliphatic carbocycles. The van der Waals surface area contributed by atoms with Crippen molar-refractivity contribution in [3.63, 3.8) is 0 Å². The van der Waals surface area contributed by atoms with Crippen molar-refractivity contribution in [2.45, 2.75) is 262 Å². The van der Waals surface area contributed by atoms with Gasteiger partial charge in [-0.3, -0.25) is 4.79 Å². The Kier molecular flexibility index (Phi) is 22.4. The molecule has 10 aliphatic rings. The fourth-order valence-corrected chi connectivity index (χ4v) is 17.0. The molecule has 6 saturated heterocycles. The van der Waals surface area contributed by atoms with E-state index in [4.69, 9.17) is 56.8 Å². The van der Waals surface area contributed by atoms with E-state index in [0.717, 1.165) is 5.57 Å². The quantitative estimate of drug-likeness (QED) is 0.0398. The number of allylic oxidation sites excluding steroid dienone is 1. The van der Waals surface area contributed by atoms with E-state index in [1.807, 2.05) is 0 Å². The molecular weight excluding hydrogens is 1220 g/mol. The van der Waals surface area contributed by atoms with Crippen LogP contribution in [0.3, 0.4) is 0 Å². The Morgan fingerprint density at radius 3 is 1.22 bits per heavy atom. The summed E-state index contributed by atoms with van der Waals surface area (Å²) in [5.74, 6) is -1.12. The van der Waals surface area contributed by atoms with Crippen LogP contribution in [0.4, 0.5) is 0 Å². The van der Waals surface area contributed by atoms with Crippen molar-refractivity contribution < 1.29 is 164 Å². The molecule has 0 aromatic rings. The Morgan fingerprint density at radius 2 is 0.802 bits per heavy atom. The number of rotatable bonds is 20. The first-order valence-corrected chi connectivity index (χ1v) is 31.4. The lowest BCUT2D eigenvalue weighted by Gasteiger charge is -2.64. The van der Waals surface area contributed by atoms with E-state index in [1.165, 1.54) is 0 Å². The minimum absolute atomic E-state index is 0.0167. The highest BCUT2D eigenvalue weighted by Crippen LogP contribution is 2.75. The largest absolute Gasteiger partial charge is 0.432 e. The van der Waals surface area contributed by atoms with Crippen LogP contribution in [0.25, 0.3) is 0 Å². The Bertz CT molecular complexity index is 2430. The lowest BCUT2D eigenvalue weighted by atomic mass is 9.40. The van der Waals surface area contributed by atoms with E-state index in [9.17, 15) is 102 Å². The topological polar surface area (TPSA) is 532 Å². The molecule has 4 saturated carbocycles. The smallest absolute Gasteiger partial charge is 0.314 e. The lowest BCUT2D eigenvalue weighted by molar-refractivity contribution is -0.392. The molecule has 33 heteroatoms. The van der Waals surface area contributed by atoms with Gasteiger partial charge in [0.1, 0.15) is 140 Å². The van der Waals surface area contributed by atoms with Gasteiger partial charge in [-0.05, 0) is 92.8 Å². The minimum atomic E-state index is -2.06. The summed E-state index contributed by atoms with van der Waals surface area (Å²) in [7, 11) is 0. The molecule has 524 valence electrons. The second kappa shape index (κ2) is 28.4. The maximum absolute atomic E-state index is 15.3. The van der Waals surface area contributed by atoms with Gasteiger partial charge in [-0.2, -0.15) is 0 Å². The lowest BCUT2D eigenvalue weighted by Crippen LogP contribution is -2.67. The molecule has 20 N–H and O–H groups in total. The summed E-state index contributed by atoms with van der Waals surface area (Å²) in [6.45, 7) is 3.29. The van der Waals surface area contributed by atoms with Gasteiger partial charge < -0.3 is 159 Å². The second-order valence-electron chi connectivity index (χ2n) is 27.2. The Labute approximate surface area is 522 Å². The molecule has 10 rings (SSSR count). The third-order valence-electron chi connectivity index (χ3n) is 22.1. The standard InChI is InChI=1S/C58H94O33/c1-21-13-58-10-5-28-55(2,7-4-8-56(28,3)54(79)91-53-47(90-51-43(78)39(74)33(68)25(17-62)84-51)45(35(70)27(19-64)86-53)88-49-41(76)37(72)31(66)23(15-60)82-49)29(58)6-9-57(21,20-58)11-12-80-52-46(89-50-42(77)38(73)32(67)24(16-61)83-50)44(34(69)26(18-63)85-52)87-48-40(75)36(71)30(65)22(14-59)81-48/h22-53,59-78H,1,4-20H2,2-3H3/t22?,23?,24?,25?,26?,27?,28?,29-,30?,31?,32?,33?,34?,35?,36?,37?,38?,39?,40?,41?,42?,43?,44?,45?,46?,47?,48?,49?,50?,51?,52?,53?,55+,56+,57?,58+/m0/s1. The van der Waals surface area contributed by atoms with Gasteiger partial charge in [-0.15, -0.1) is 0 Å². The molecule has 6 aliphatic heterocycles. The fraction of sp³-hybridized carbons (Fsp3) is 0.948. The SMILES string of the molecule is C=C1C[C@@]23CCC4[C@](C)(C(=O)OC5OC(CO)C(O)C(OC6OC(CO)C(O)C(O)C6O)C5OC5OC(CO)C(O)C(O)C5O)CCC[C@@]4(C)[C@@H]2CCC1(CCOC1OC(CO)C(O)C(OC2OC(CO)C(O)C(O)C2O)C1OC1OC(CO)C(O)C(O)C1O)C3. The maximum Gasteiger partial charge on any atom is 0.314 e. The van der Waals surface area contributed by atoms with Crippen LogP contribution < -0.4 is 0 Å². The van der Waals surface area contributed by atoms with Gasteiger partial charge in [0.2, 0.25) is 6.29 Å². The van der Waals surface area contributed by atoms with Crippen molar-refractivity contribution in [3.8, 4) is 0 Å². The van der Waals surface area contributed by atoms with Crippen LogP contribution in [-0.2, 0) is 61.6 Å². The number of fused-ring (bicyclic) bond motifs is 3. The first-order chi connectivity index (χ1) is 43.1. The molecule has 6 heterocycles. The highest BCUT2D eigenvalue weighted by molar-refractivity contribution is 5.77.